The first-order valence-corrected chi connectivity index (χ1v) is 7.61. The van der Waals surface area contributed by atoms with Gasteiger partial charge in [-0.15, -0.1) is 0 Å². The van der Waals surface area contributed by atoms with Crippen LogP contribution < -0.4 is 10.5 Å². The van der Waals surface area contributed by atoms with Gasteiger partial charge in [0, 0.05) is 11.6 Å². The van der Waals surface area contributed by atoms with Crippen LogP contribution in [0.1, 0.15) is 11.4 Å². The highest BCUT2D eigenvalue weighted by Gasteiger charge is 2.21. The summed E-state index contributed by atoms with van der Waals surface area (Å²) in [5.74, 6) is 0.200. The van der Waals surface area contributed by atoms with Crippen molar-refractivity contribution in [3.63, 3.8) is 0 Å². The monoisotopic (exact) mass is 336 g/mol. The maximum atomic E-state index is 12.2. The summed E-state index contributed by atoms with van der Waals surface area (Å²) in [6.07, 6.45) is 1.10. The average molecular weight is 337 g/mol. The molecule has 1 aromatic carbocycles. The second-order valence-corrected chi connectivity index (χ2v) is 6.30. The van der Waals surface area contributed by atoms with E-state index >= 15 is 0 Å². The van der Waals surface area contributed by atoms with Crippen LogP contribution in [0.4, 0.5) is 0 Å². The predicted molar refractivity (Wildman–Crippen MR) is 72.7 cm³/mol. The van der Waals surface area contributed by atoms with Crippen molar-refractivity contribution in [3.8, 4) is 0 Å². The zero-order chi connectivity index (χ0) is 14.8. The smallest absolute Gasteiger partial charge is 0.242 e. The van der Waals surface area contributed by atoms with Crippen LogP contribution in [0.2, 0.25) is 10.0 Å². The van der Waals surface area contributed by atoms with E-state index in [1.165, 1.54) is 12.1 Å². The van der Waals surface area contributed by atoms with Crippen LogP contribution in [0.5, 0.6) is 0 Å². The van der Waals surface area contributed by atoms with Crippen LogP contribution in [0, 0.1) is 0 Å². The zero-order valence-electron chi connectivity index (χ0n) is 10.0. The normalized spacial score (nSPS) is 11.8. The molecule has 1 aromatic heterocycles. The first-order chi connectivity index (χ1) is 9.44. The van der Waals surface area contributed by atoms with E-state index in [1.54, 1.807) is 0 Å². The lowest BCUT2D eigenvalue weighted by Gasteiger charge is -2.10. The average Bonchev–Trinajstić information content (AvgIpc) is 2.92. The quantitative estimate of drug-likeness (QED) is 0.851. The fourth-order valence-electron chi connectivity index (χ4n) is 1.47. The van der Waals surface area contributed by atoms with E-state index < -0.39 is 10.0 Å². The van der Waals surface area contributed by atoms with Gasteiger partial charge in [0.05, 0.1) is 11.6 Å². The number of nitrogens with zero attached hydrogens (tertiary/aromatic N) is 2. The molecule has 0 amide bonds. The third kappa shape index (κ3) is 3.28. The Kier molecular flexibility index (Phi) is 4.61. The van der Waals surface area contributed by atoms with Crippen molar-refractivity contribution in [2.24, 2.45) is 5.73 Å². The van der Waals surface area contributed by atoms with Gasteiger partial charge in [-0.05, 0) is 17.7 Å². The van der Waals surface area contributed by atoms with Gasteiger partial charge in [-0.1, -0.05) is 28.4 Å². The first-order valence-electron chi connectivity index (χ1n) is 5.37. The number of hydrogen-bond donors (Lipinski definition) is 2. The number of hydrogen-bond acceptors (Lipinski definition) is 6. The summed E-state index contributed by atoms with van der Waals surface area (Å²) in [5.41, 5.74) is 5.94. The summed E-state index contributed by atoms with van der Waals surface area (Å²) in [5, 5.41) is 3.77. The van der Waals surface area contributed by atoms with Gasteiger partial charge >= 0.3 is 0 Å². The minimum Gasteiger partial charge on any atom is -0.343 e. The molecule has 0 saturated carbocycles. The molecule has 0 unspecified atom stereocenters. The molecule has 7 nitrogen and oxygen atoms in total. The molecule has 10 heteroatoms. The first kappa shape index (κ1) is 15.2. The molecule has 0 bridgehead atoms. The van der Waals surface area contributed by atoms with Gasteiger partial charge in [0.2, 0.25) is 16.4 Å². The Bertz CT molecular complexity index is 704. The topological polar surface area (TPSA) is 111 Å². The fourth-order valence-corrected chi connectivity index (χ4v) is 3.39. The van der Waals surface area contributed by atoms with Crippen LogP contribution >= 0.6 is 23.2 Å². The Hall–Kier alpha value is -1.19. The van der Waals surface area contributed by atoms with Gasteiger partial charge in [0.1, 0.15) is 4.90 Å². The van der Waals surface area contributed by atoms with Gasteiger partial charge in [-0.3, -0.25) is 0 Å². The Morgan fingerprint density at radius 3 is 2.70 bits per heavy atom. The molecule has 0 fully saturated rings. The maximum Gasteiger partial charge on any atom is 0.242 e. The number of nitrogens with two attached hydrogens (primary N) is 1. The zero-order valence-corrected chi connectivity index (χ0v) is 12.3. The van der Waals surface area contributed by atoms with Gasteiger partial charge < -0.3 is 10.3 Å². The van der Waals surface area contributed by atoms with Crippen molar-refractivity contribution >= 4 is 33.2 Å². The number of sulfonamides is 1. The minimum absolute atomic E-state index is 0.0394. The highest BCUT2D eigenvalue weighted by atomic mass is 35.5. The van der Waals surface area contributed by atoms with E-state index in [0.717, 1.165) is 6.39 Å². The van der Waals surface area contributed by atoms with Crippen molar-refractivity contribution in [1.82, 2.24) is 14.9 Å². The molecule has 0 aliphatic heterocycles. The van der Waals surface area contributed by atoms with Gasteiger partial charge in [-0.2, -0.15) is 4.98 Å². The maximum absolute atomic E-state index is 12.2. The van der Waals surface area contributed by atoms with Gasteiger partial charge in [0.15, 0.2) is 5.82 Å². The Labute approximate surface area is 125 Å². The van der Waals surface area contributed by atoms with Crippen molar-refractivity contribution in [3.05, 3.63) is 40.0 Å². The van der Waals surface area contributed by atoms with Crippen molar-refractivity contribution in [2.45, 2.75) is 18.0 Å². The van der Waals surface area contributed by atoms with E-state index in [-0.39, 0.29) is 33.9 Å². The van der Waals surface area contributed by atoms with Crippen molar-refractivity contribution < 1.29 is 12.9 Å². The molecule has 0 spiro atoms. The number of nitrogens with one attached hydrogen (secondary N) is 1. The van der Waals surface area contributed by atoms with E-state index in [2.05, 4.69) is 19.4 Å². The largest absolute Gasteiger partial charge is 0.343 e. The highest BCUT2D eigenvalue weighted by molar-refractivity contribution is 7.89. The molecule has 0 saturated heterocycles. The standard InChI is InChI=1S/C10H10Cl2N4O3S/c11-7-1-6(3-13)10(12)8(2-7)20(17,18)15-4-9-14-5-19-16-9/h1-2,5,15H,3-4,13H2. The minimum atomic E-state index is -3.87. The van der Waals surface area contributed by atoms with Crippen LogP contribution in [0.3, 0.4) is 0 Å². The molecule has 3 N–H and O–H groups in total. The summed E-state index contributed by atoms with van der Waals surface area (Å²) in [6, 6.07) is 2.77. The number of halogens is 2. The van der Waals surface area contributed by atoms with Crippen LogP contribution in [-0.4, -0.2) is 18.6 Å². The SMILES string of the molecule is NCc1cc(Cl)cc(S(=O)(=O)NCc2ncon2)c1Cl. The van der Waals surface area contributed by atoms with E-state index in [0.29, 0.717) is 5.56 Å². The summed E-state index contributed by atoms with van der Waals surface area (Å²) in [6.45, 7) is -0.0492. The second-order valence-electron chi connectivity index (χ2n) is 3.75. The molecule has 0 atom stereocenters. The summed E-state index contributed by atoms with van der Waals surface area (Å²) < 4.78 is 31.2. The molecule has 0 aliphatic carbocycles. The lowest BCUT2D eigenvalue weighted by atomic mass is 10.2. The van der Waals surface area contributed by atoms with Crippen LogP contribution in [0.25, 0.3) is 0 Å². The van der Waals surface area contributed by atoms with Crippen molar-refractivity contribution in [1.29, 1.82) is 0 Å². The summed E-state index contributed by atoms with van der Waals surface area (Å²) >= 11 is 11.9. The molecule has 1 heterocycles. The van der Waals surface area contributed by atoms with Crippen LogP contribution in [0.15, 0.2) is 27.9 Å². The molecule has 20 heavy (non-hydrogen) atoms. The molecule has 2 rings (SSSR count). The van der Waals surface area contributed by atoms with E-state index in [9.17, 15) is 8.42 Å². The third-order valence-corrected chi connectivity index (χ3v) is 4.62. The molecule has 2 aromatic rings. The van der Waals surface area contributed by atoms with Crippen LogP contribution in [-0.2, 0) is 23.1 Å². The Balaban J connectivity index is 2.31. The predicted octanol–water partition coefficient (Wildman–Crippen LogP) is 1.31. The highest BCUT2D eigenvalue weighted by Crippen LogP contribution is 2.29. The van der Waals surface area contributed by atoms with E-state index in [1.807, 2.05) is 0 Å². The van der Waals surface area contributed by atoms with Gasteiger partial charge in [-0.25, -0.2) is 13.1 Å². The van der Waals surface area contributed by atoms with Crippen molar-refractivity contribution in [2.75, 3.05) is 0 Å². The molecule has 0 aliphatic rings. The summed E-state index contributed by atoms with van der Waals surface area (Å²) in [7, 11) is -3.87. The Morgan fingerprint density at radius 1 is 1.35 bits per heavy atom. The Morgan fingerprint density at radius 2 is 2.10 bits per heavy atom. The number of aromatic nitrogens is 2. The number of rotatable bonds is 5. The van der Waals surface area contributed by atoms with E-state index in [4.69, 9.17) is 28.9 Å². The molecular formula is C10H10Cl2N4O3S. The summed E-state index contributed by atoms with van der Waals surface area (Å²) in [4.78, 5) is 3.56. The third-order valence-electron chi connectivity index (χ3n) is 2.42. The molecule has 108 valence electrons. The molecule has 0 radical (unpaired) electrons. The lowest BCUT2D eigenvalue weighted by molar-refractivity contribution is 0.409. The second kappa shape index (κ2) is 6.06. The lowest BCUT2D eigenvalue weighted by Crippen LogP contribution is -2.24. The number of benzene rings is 1. The van der Waals surface area contributed by atoms with Gasteiger partial charge in [0.25, 0.3) is 0 Å². The molecular weight excluding hydrogens is 327 g/mol. The fraction of sp³-hybridized carbons (Fsp3) is 0.200.